The fraction of sp³-hybridized carbons (Fsp3) is 0.500. The number of allylic oxidation sites excluding steroid dienone is 1. The van der Waals surface area contributed by atoms with E-state index in [-0.39, 0.29) is 6.29 Å². The van der Waals surface area contributed by atoms with Crippen LogP contribution in [0.4, 0.5) is 0 Å². The van der Waals surface area contributed by atoms with E-state index in [9.17, 15) is 0 Å². The van der Waals surface area contributed by atoms with E-state index in [2.05, 4.69) is 19.7 Å². The molecule has 0 rings (SSSR count). The monoisotopic (exact) mass is 240 g/mol. The Morgan fingerprint density at radius 3 is 2.12 bits per heavy atom. The Morgan fingerprint density at radius 2 is 1.62 bits per heavy atom. The second kappa shape index (κ2) is 12.4. The molecule has 0 aliphatic carbocycles. The lowest BCUT2D eigenvalue weighted by Crippen LogP contribution is -2.20. The van der Waals surface area contributed by atoms with Crippen LogP contribution in [0.15, 0.2) is 38.0 Å². The summed E-state index contributed by atoms with van der Waals surface area (Å²) >= 11 is 0. The minimum Gasteiger partial charge on any atom is -0.417 e. The molecule has 0 heterocycles. The predicted molar refractivity (Wildman–Crippen MR) is 67.4 cm³/mol. The molecule has 0 aliphatic heterocycles. The van der Waals surface area contributed by atoms with Crippen LogP contribution < -0.4 is 0 Å². The minimum absolute atomic E-state index is 0.246. The molecule has 0 unspecified atom stereocenters. The maximum absolute atomic E-state index is 5.41. The first-order valence-electron chi connectivity index (χ1n) is 5.25. The zero-order valence-corrected chi connectivity index (χ0v) is 10.7. The van der Waals surface area contributed by atoms with Gasteiger partial charge in [0.05, 0.1) is 13.2 Å². The molecular formula is C12H20O3Si. The highest BCUT2D eigenvalue weighted by molar-refractivity contribution is 6.27. The van der Waals surface area contributed by atoms with Gasteiger partial charge in [0, 0.05) is 13.0 Å². The fourth-order valence-electron chi connectivity index (χ4n) is 0.911. The van der Waals surface area contributed by atoms with Crippen LogP contribution in [-0.4, -0.2) is 35.9 Å². The van der Waals surface area contributed by atoms with Crippen molar-refractivity contribution in [3.05, 3.63) is 38.0 Å². The molecule has 0 spiro atoms. The van der Waals surface area contributed by atoms with E-state index in [1.807, 2.05) is 6.08 Å². The van der Waals surface area contributed by atoms with Gasteiger partial charge in [-0.1, -0.05) is 18.2 Å². The van der Waals surface area contributed by atoms with Crippen LogP contribution >= 0.6 is 0 Å². The van der Waals surface area contributed by atoms with Crippen LogP contribution in [0.2, 0.25) is 6.04 Å². The molecule has 0 fully saturated rings. The van der Waals surface area contributed by atoms with E-state index in [4.69, 9.17) is 13.9 Å². The summed E-state index contributed by atoms with van der Waals surface area (Å²) in [5, 5.41) is 0. The van der Waals surface area contributed by atoms with E-state index in [0.717, 1.165) is 6.04 Å². The number of hydrogen-bond acceptors (Lipinski definition) is 3. The molecule has 16 heavy (non-hydrogen) atoms. The highest BCUT2D eigenvalue weighted by Gasteiger charge is 2.07. The van der Waals surface area contributed by atoms with Crippen LogP contribution in [0, 0.1) is 0 Å². The molecule has 0 amide bonds. The Morgan fingerprint density at radius 1 is 1.00 bits per heavy atom. The SMILES string of the molecule is C=CCOC(CCO[Si]CC=C)OCC=C. The summed E-state index contributed by atoms with van der Waals surface area (Å²) < 4.78 is 16.2. The zero-order chi connectivity index (χ0) is 12.1. The fourth-order valence-corrected chi connectivity index (χ4v) is 1.41. The van der Waals surface area contributed by atoms with Crippen molar-refractivity contribution >= 4 is 9.76 Å². The zero-order valence-electron chi connectivity index (χ0n) is 9.69. The van der Waals surface area contributed by atoms with Gasteiger partial charge in [-0.15, -0.1) is 19.7 Å². The number of hydrogen-bond donors (Lipinski definition) is 0. The van der Waals surface area contributed by atoms with E-state index in [0.29, 0.717) is 36.0 Å². The summed E-state index contributed by atoms with van der Waals surface area (Å²) in [5.41, 5.74) is 0. The van der Waals surface area contributed by atoms with Crippen molar-refractivity contribution in [1.29, 1.82) is 0 Å². The van der Waals surface area contributed by atoms with E-state index >= 15 is 0 Å². The Labute approximate surface area is 101 Å². The van der Waals surface area contributed by atoms with Crippen molar-refractivity contribution in [2.75, 3.05) is 19.8 Å². The van der Waals surface area contributed by atoms with Crippen molar-refractivity contribution in [3.8, 4) is 0 Å². The summed E-state index contributed by atoms with van der Waals surface area (Å²) in [5.74, 6) is 0. The maximum atomic E-state index is 5.41. The Balaban J connectivity index is 3.58. The van der Waals surface area contributed by atoms with Gasteiger partial charge in [-0.05, 0) is 6.04 Å². The first-order valence-corrected chi connectivity index (χ1v) is 6.37. The van der Waals surface area contributed by atoms with E-state index in [1.165, 1.54) is 0 Å². The molecule has 0 saturated carbocycles. The minimum atomic E-state index is -0.246. The second-order valence-electron chi connectivity index (χ2n) is 2.95. The Hall–Kier alpha value is -0.683. The molecule has 0 aromatic heterocycles. The molecule has 90 valence electrons. The molecule has 0 aromatic rings. The van der Waals surface area contributed by atoms with Gasteiger partial charge in [-0.3, -0.25) is 0 Å². The van der Waals surface area contributed by atoms with Crippen molar-refractivity contribution in [2.45, 2.75) is 18.8 Å². The third-order valence-electron chi connectivity index (χ3n) is 1.59. The summed E-state index contributed by atoms with van der Waals surface area (Å²) in [6, 6.07) is 0.895. The van der Waals surface area contributed by atoms with Gasteiger partial charge in [0.25, 0.3) is 0 Å². The first-order chi connectivity index (χ1) is 7.85. The molecule has 0 atom stereocenters. The van der Waals surface area contributed by atoms with Crippen LogP contribution in [0.25, 0.3) is 0 Å². The Kier molecular flexibility index (Phi) is 11.9. The topological polar surface area (TPSA) is 27.7 Å². The van der Waals surface area contributed by atoms with Crippen molar-refractivity contribution in [2.24, 2.45) is 0 Å². The average Bonchev–Trinajstić information content (AvgIpc) is 2.31. The molecule has 3 nitrogen and oxygen atoms in total. The Bertz CT molecular complexity index is 183. The summed E-state index contributed by atoms with van der Waals surface area (Å²) in [6.07, 6.45) is 5.71. The van der Waals surface area contributed by atoms with Crippen LogP contribution in [0.1, 0.15) is 6.42 Å². The highest BCUT2D eigenvalue weighted by Crippen LogP contribution is 2.02. The third-order valence-corrected chi connectivity index (χ3v) is 2.45. The lowest BCUT2D eigenvalue weighted by Gasteiger charge is -2.16. The highest BCUT2D eigenvalue weighted by atomic mass is 28.2. The van der Waals surface area contributed by atoms with Gasteiger partial charge in [-0.25, -0.2) is 0 Å². The predicted octanol–water partition coefficient (Wildman–Crippen LogP) is 2.35. The van der Waals surface area contributed by atoms with Gasteiger partial charge in [-0.2, -0.15) is 0 Å². The molecule has 0 bridgehead atoms. The van der Waals surface area contributed by atoms with Gasteiger partial charge < -0.3 is 13.9 Å². The smallest absolute Gasteiger partial charge is 0.233 e. The van der Waals surface area contributed by atoms with Gasteiger partial charge >= 0.3 is 0 Å². The quantitative estimate of drug-likeness (QED) is 0.227. The van der Waals surface area contributed by atoms with Crippen LogP contribution in [0.5, 0.6) is 0 Å². The molecule has 4 heteroatoms. The lowest BCUT2D eigenvalue weighted by molar-refractivity contribution is -0.134. The summed E-state index contributed by atoms with van der Waals surface area (Å²) in [6.45, 7) is 12.4. The lowest BCUT2D eigenvalue weighted by atomic mass is 10.4. The summed E-state index contributed by atoms with van der Waals surface area (Å²) in [4.78, 5) is 0. The van der Waals surface area contributed by atoms with Gasteiger partial charge in [0.2, 0.25) is 9.76 Å². The maximum Gasteiger partial charge on any atom is 0.233 e. The van der Waals surface area contributed by atoms with Crippen molar-refractivity contribution in [3.63, 3.8) is 0 Å². The molecule has 0 saturated heterocycles. The number of rotatable bonds is 12. The largest absolute Gasteiger partial charge is 0.417 e. The molecule has 2 radical (unpaired) electrons. The van der Waals surface area contributed by atoms with Gasteiger partial charge in [0.15, 0.2) is 6.29 Å². The van der Waals surface area contributed by atoms with E-state index in [1.54, 1.807) is 12.2 Å². The summed E-state index contributed by atoms with van der Waals surface area (Å²) in [7, 11) is 0.467. The molecule has 0 N–H and O–H groups in total. The normalized spacial score (nSPS) is 10.3. The second-order valence-corrected chi connectivity index (χ2v) is 3.93. The molecule has 0 aliphatic rings. The standard InChI is InChI=1S/C12H20O3Si/c1-4-8-13-12(14-9-5-2)7-10-15-16-11-6-3/h4-6,12H,1-3,7-11H2. The van der Waals surface area contributed by atoms with Crippen LogP contribution in [0.3, 0.4) is 0 Å². The third kappa shape index (κ3) is 9.86. The molecular weight excluding hydrogens is 220 g/mol. The van der Waals surface area contributed by atoms with Crippen molar-refractivity contribution in [1.82, 2.24) is 0 Å². The molecule has 0 aromatic carbocycles. The first kappa shape index (κ1) is 15.3. The average molecular weight is 240 g/mol. The van der Waals surface area contributed by atoms with Crippen LogP contribution in [-0.2, 0) is 13.9 Å². The van der Waals surface area contributed by atoms with Crippen molar-refractivity contribution < 1.29 is 13.9 Å². The number of ether oxygens (including phenoxy) is 2. The van der Waals surface area contributed by atoms with E-state index < -0.39 is 0 Å². The van der Waals surface area contributed by atoms with Gasteiger partial charge in [0.1, 0.15) is 0 Å².